The Hall–Kier alpha value is -2.89. The molecular weight excluding hydrogens is 925 g/mol. The molecule has 0 N–H and O–H groups in total. The zero-order valence-electron chi connectivity index (χ0n) is 50.1. The Bertz CT molecular complexity index is 1340. The van der Waals surface area contributed by atoms with E-state index in [-0.39, 0.29) is 31.1 Å². The fourth-order valence-electron chi connectivity index (χ4n) is 9.61. The number of hydrogen-bond donors (Lipinski definition) is 0. The number of rotatable bonds is 60. The molecule has 1 atom stereocenters. The quantitative estimate of drug-likeness (QED) is 0.0261. The van der Waals surface area contributed by atoms with Gasteiger partial charge in [-0.05, 0) is 83.5 Å². The van der Waals surface area contributed by atoms with Crippen molar-refractivity contribution < 1.29 is 28.6 Å². The summed E-state index contributed by atoms with van der Waals surface area (Å²) in [6.07, 6.45) is 81.0. The number of carbonyl (C=O) groups excluding carboxylic acids is 3. The summed E-state index contributed by atoms with van der Waals surface area (Å²) in [4.78, 5) is 38.3. The molecule has 0 radical (unpaired) electrons. The van der Waals surface area contributed by atoms with Gasteiger partial charge in [0, 0.05) is 19.3 Å². The molecule has 6 nitrogen and oxygen atoms in total. The highest BCUT2D eigenvalue weighted by Crippen LogP contribution is 2.17. The van der Waals surface area contributed by atoms with Gasteiger partial charge in [0.1, 0.15) is 13.2 Å². The molecule has 0 spiro atoms. The second kappa shape index (κ2) is 63.6. The van der Waals surface area contributed by atoms with E-state index in [2.05, 4.69) is 81.5 Å². The number of esters is 3. The molecule has 0 aromatic rings. The molecule has 0 fully saturated rings. The van der Waals surface area contributed by atoms with Gasteiger partial charge in [0.2, 0.25) is 0 Å². The van der Waals surface area contributed by atoms with Gasteiger partial charge in [-0.1, -0.05) is 300 Å². The highest BCUT2D eigenvalue weighted by Gasteiger charge is 2.19. The van der Waals surface area contributed by atoms with Gasteiger partial charge in [0.05, 0.1) is 0 Å². The number of hydrogen-bond acceptors (Lipinski definition) is 6. The third-order valence-corrected chi connectivity index (χ3v) is 14.5. The average molecular weight is 1050 g/mol. The fraction of sp³-hybridized carbons (Fsp3) is 0.812. The Kier molecular flexibility index (Phi) is 61.2. The van der Waals surface area contributed by atoms with Crippen LogP contribution in [0.15, 0.2) is 60.8 Å². The first kappa shape index (κ1) is 72.1. The van der Waals surface area contributed by atoms with E-state index in [0.717, 1.165) is 89.9 Å². The monoisotopic (exact) mass is 1050 g/mol. The van der Waals surface area contributed by atoms with Crippen LogP contribution in [0.25, 0.3) is 0 Å². The van der Waals surface area contributed by atoms with Crippen molar-refractivity contribution in [3.8, 4) is 0 Å². The molecule has 0 rings (SSSR count). The fourth-order valence-corrected chi connectivity index (χ4v) is 9.61. The van der Waals surface area contributed by atoms with E-state index in [1.807, 2.05) is 0 Å². The number of unbranched alkanes of at least 4 members (excludes halogenated alkanes) is 39. The van der Waals surface area contributed by atoms with Crippen LogP contribution in [0.4, 0.5) is 0 Å². The summed E-state index contributed by atoms with van der Waals surface area (Å²) in [6.45, 7) is 6.54. The summed E-state index contributed by atoms with van der Waals surface area (Å²) in [5, 5.41) is 0. The molecule has 0 aliphatic rings. The van der Waals surface area contributed by atoms with Gasteiger partial charge in [-0.15, -0.1) is 0 Å². The Morgan fingerprint density at radius 1 is 0.280 bits per heavy atom. The normalized spacial score (nSPS) is 12.4. The van der Waals surface area contributed by atoms with E-state index in [4.69, 9.17) is 14.2 Å². The molecule has 0 saturated carbocycles. The average Bonchev–Trinajstić information content (AvgIpc) is 3.41. The van der Waals surface area contributed by atoms with E-state index in [1.54, 1.807) is 0 Å². The molecule has 0 amide bonds. The van der Waals surface area contributed by atoms with Crippen molar-refractivity contribution in [2.24, 2.45) is 0 Å². The Morgan fingerprint density at radius 2 is 0.520 bits per heavy atom. The Labute approximate surface area is 466 Å². The lowest BCUT2D eigenvalue weighted by Gasteiger charge is -2.18. The van der Waals surface area contributed by atoms with Crippen molar-refractivity contribution in [2.75, 3.05) is 13.2 Å². The summed E-state index contributed by atoms with van der Waals surface area (Å²) in [6, 6.07) is 0. The summed E-state index contributed by atoms with van der Waals surface area (Å²) in [7, 11) is 0. The molecule has 0 aliphatic carbocycles. The summed E-state index contributed by atoms with van der Waals surface area (Å²) in [5.74, 6) is -0.898. The Balaban J connectivity index is 4.30. The molecule has 0 aliphatic heterocycles. The predicted octanol–water partition coefficient (Wildman–Crippen LogP) is 22.3. The lowest BCUT2D eigenvalue weighted by molar-refractivity contribution is -0.167. The summed E-state index contributed by atoms with van der Waals surface area (Å²) < 4.78 is 16.9. The molecule has 75 heavy (non-hydrogen) atoms. The highest BCUT2D eigenvalue weighted by atomic mass is 16.6. The minimum atomic E-state index is -0.788. The zero-order chi connectivity index (χ0) is 54.3. The maximum absolute atomic E-state index is 12.9. The van der Waals surface area contributed by atoms with Crippen molar-refractivity contribution in [1.29, 1.82) is 0 Å². The zero-order valence-corrected chi connectivity index (χ0v) is 50.1. The predicted molar refractivity (Wildman–Crippen MR) is 325 cm³/mol. The van der Waals surface area contributed by atoms with Gasteiger partial charge in [0.25, 0.3) is 0 Å². The van der Waals surface area contributed by atoms with E-state index in [9.17, 15) is 14.4 Å². The van der Waals surface area contributed by atoms with Crippen LogP contribution >= 0.6 is 0 Å². The first-order chi connectivity index (χ1) is 37.0. The molecule has 0 aromatic heterocycles. The molecular formula is C69H124O6. The van der Waals surface area contributed by atoms with E-state index < -0.39 is 6.10 Å². The first-order valence-corrected chi connectivity index (χ1v) is 32.8. The van der Waals surface area contributed by atoms with Crippen molar-refractivity contribution in [3.63, 3.8) is 0 Å². The number of ether oxygens (including phenoxy) is 3. The van der Waals surface area contributed by atoms with Gasteiger partial charge in [-0.3, -0.25) is 14.4 Å². The lowest BCUT2D eigenvalue weighted by Crippen LogP contribution is -2.30. The van der Waals surface area contributed by atoms with Crippen molar-refractivity contribution >= 4 is 17.9 Å². The summed E-state index contributed by atoms with van der Waals surface area (Å²) in [5.41, 5.74) is 0. The van der Waals surface area contributed by atoms with Crippen molar-refractivity contribution in [3.05, 3.63) is 60.8 Å². The largest absolute Gasteiger partial charge is 0.462 e. The van der Waals surface area contributed by atoms with Crippen LogP contribution in [0.1, 0.15) is 342 Å². The van der Waals surface area contributed by atoms with E-state index in [0.29, 0.717) is 19.3 Å². The van der Waals surface area contributed by atoms with Gasteiger partial charge >= 0.3 is 17.9 Å². The first-order valence-electron chi connectivity index (χ1n) is 32.8. The third-order valence-electron chi connectivity index (χ3n) is 14.5. The van der Waals surface area contributed by atoms with Crippen LogP contribution < -0.4 is 0 Å². The standard InChI is InChI=1S/C69H124O6/c1-4-7-10-13-16-19-22-25-27-29-31-33-34-36-37-39-41-44-47-50-53-56-59-62-68(71)74-65-66(64-73-67(70)61-58-55-52-49-46-43-24-21-18-15-12-9-6-3)75-69(72)63-60-57-54-51-48-45-42-40-38-35-32-30-28-26-23-20-17-14-11-8-5-2/h9,12,18,21,23,26,30,32,43,46,66H,4-8,10-11,13-17,19-20,22,24-25,27-29,31,33-42,44-45,47-65H2,1-3H3/b12-9-,21-18-,26-23-,32-30-,46-43-. The Morgan fingerprint density at radius 3 is 0.827 bits per heavy atom. The van der Waals surface area contributed by atoms with Gasteiger partial charge < -0.3 is 14.2 Å². The van der Waals surface area contributed by atoms with Crippen LogP contribution in [0, 0.1) is 0 Å². The molecule has 0 heterocycles. The minimum Gasteiger partial charge on any atom is -0.462 e. The van der Waals surface area contributed by atoms with Crippen LogP contribution in [0.2, 0.25) is 0 Å². The van der Waals surface area contributed by atoms with Crippen LogP contribution in [-0.4, -0.2) is 37.2 Å². The second-order valence-corrected chi connectivity index (χ2v) is 22.0. The molecule has 1 unspecified atom stereocenters. The smallest absolute Gasteiger partial charge is 0.306 e. The second-order valence-electron chi connectivity index (χ2n) is 22.0. The minimum absolute atomic E-state index is 0.0822. The third kappa shape index (κ3) is 61.8. The molecule has 436 valence electrons. The van der Waals surface area contributed by atoms with Crippen molar-refractivity contribution in [2.45, 2.75) is 348 Å². The SMILES string of the molecule is CC/C=C\C/C=C\C/C=C\CCCCCC(=O)OCC(COC(=O)CCCCCCCCCCCCCCCCCCCCCCCCC)OC(=O)CCCCCCCCCCC/C=C\C/C=C\CCCCCCC. The molecule has 6 heteroatoms. The molecule has 0 aromatic carbocycles. The number of allylic oxidation sites excluding steroid dienone is 10. The summed E-state index contributed by atoms with van der Waals surface area (Å²) >= 11 is 0. The van der Waals surface area contributed by atoms with Gasteiger partial charge in [-0.2, -0.15) is 0 Å². The van der Waals surface area contributed by atoms with Crippen LogP contribution in [0.5, 0.6) is 0 Å². The van der Waals surface area contributed by atoms with Gasteiger partial charge in [0.15, 0.2) is 6.10 Å². The lowest BCUT2D eigenvalue weighted by atomic mass is 10.0. The highest BCUT2D eigenvalue weighted by molar-refractivity contribution is 5.71. The molecule has 0 bridgehead atoms. The maximum atomic E-state index is 12.9. The van der Waals surface area contributed by atoms with E-state index >= 15 is 0 Å². The number of carbonyl (C=O) groups is 3. The topological polar surface area (TPSA) is 78.9 Å². The van der Waals surface area contributed by atoms with Crippen LogP contribution in [-0.2, 0) is 28.6 Å². The van der Waals surface area contributed by atoms with E-state index in [1.165, 1.54) is 212 Å². The van der Waals surface area contributed by atoms with Crippen LogP contribution in [0.3, 0.4) is 0 Å². The maximum Gasteiger partial charge on any atom is 0.306 e. The van der Waals surface area contributed by atoms with Crippen molar-refractivity contribution in [1.82, 2.24) is 0 Å². The molecule has 0 saturated heterocycles. The van der Waals surface area contributed by atoms with Gasteiger partial charge in [-0.25, -0.2) is 0 Å².